The number of urea groups is 1. The van der Waals surface area contributed by atoms with E-state index in [0.717, 1.165) is 6.42 Å². The summed E-state index contributed by atoms with van der Waals surface area (Å²) in [4.78, 5) is 24.8. The Labute approximate surface area is 114 Å². The number of aliphatic carboxylic acids is 1. The van der Waals surface area contributed by atoms with E-state index in [2.05, 4.69) is 12.2 Å². The molecule has 2 N–H and O–H groups in total. The number of piperidine rings is 1. The average molecular weight is 268 g/mol. The van der Waals surface area contributed by atoms with Crippen molar-refractivity contribution in [3.05, 3.63) is 0 Å². The molecule has 1 heterocycles. The number of nitrogens with one attached hydrogen (secondary N) is 1. The Morgan fingerprint density at radius 3 is 2.53 bits per heavy atom. The molecular formula is C14H24N2O3. The SMILES string of the molecule is CC(NC(=O)N1CCC[C@H](C(=O)O)C1)C1CCCC1. The number of carboxylic acids is 1. The molecule has 0 radical (unpaired) electrons. The van der Waals surface area contributed by atoms with Crippen LogP contribution in [-0.2, 0) is 4.79 Å². The molecule has 2 atom stereocenters. The first-order chi connectivity index (χ1) is 9.08. The summed E-state index contributed by atoms with van der Waals surface area (Å²) in [6.45, 7) is 3.08. The lowest BCUT2D eigenvalue weighted by molar-refractivity contribution is -0.143. The molecule has 2 amide bonds. The average Bonchev–Trinajstić information content (AvgIpc) is 2.92. The largest absolute Gasteiger partial charge is 0.481 e. The fourth-order valence-corrected chi connectivity index (χ4v) is 3.22. The number of likely N-dealkylation sites (tertiary alicyclic amines) is 1. The Kier molecular flexibility index (Phi) is 4.66. The number of carboxylic acid groups (broad SMARTS) is 1. The Morgan fingerprint density at radius 1 is 1.21 bits per heavy atom. The smallest absolute Gasteiger partial charge is 0.317 e. The second kappa shape index (κ2) is 6.26. The molecule has 0 bridgehead atoms. The molecule has 0 spiro atoms. The summed E-state index contributed by atoms with van der Waals surface area (Å²) >= 11 is 0. The van der Waals surface area contributed by atoms with Gasteiger partial charge in [-0.3, -0.25) is 4.79 Å². The van der Waals surface area contributed by atoms with E-state index >= 15 is 0 Å². The third-order valence-corrected chi connectivity index (χ3v) is 4.52. The van der Waals surface area contributed by atoms with Crippen LogP contribution in [0.25, 0.3) is 0 Å². The van der Waals surface area contributed by atoms with Gasteiger partial charge < -0.3 is 15.3 Å². The summed E-state index contributed by atoms with van der Waals surface area (Å²) in [6.07, 6.45) is 6.36. The summed E-state index contributed by atoms with van der Waals surface area (Å²) in [7, 11) is 0. The van der Waals surface area contributed by atoms with E-state index in [-0.39, 0.29) is 12.1 Å². The van der Waals surface area contributed by atoms with Crippen molar-refractivity contribution < 1.29 is 14.7 Å². The van der Waals surface area contributed by atoms with Crippen molar-refractivity contribution in [3.63, 3.8) is 0 Å². The van der Waals surface area contributed by atoms with Crippen molar-refractivity contribution in [2.45, 2.75) is 51.5 Å². The van der Waals surface area contributed by atoms with Gasteiger partial charge in [0.25, 0.3) is 0 Å². The van der Waals surface area contributed by atoms with E-state index in [1.165, 1.54) is 25.7 Å². The van der Waals surface area contributed by atoms with Gasteiger partial charge in [0.15, 0.2) is 0 Å². The summed E-state index contributed by atoms with van der Waals surface area (Å²) < 4.78 is 0. The minimum atomic E-state index is -0.790. The molecule has 2 fully saturated rings. The Bertz CT molecular complexity index is 340. The molecule has 1 unspecified atom stereocenters. The quantitative estimate of drug-likeness (QED) is 0.823. The van der Waals surface area contributed by atoms with Crippen LogP contribution in [-0.4, -0.2) is 41.1 Å². The highest BCUT2D eigenvalue weighted by atomic mass is 16.4. The maximum atomic E-state index is 12.2. The second-order valence-corrected chi connectivity index (χ2v) is 5.91. The molecular weight excluding hydrogens is 244 g/mol. The first-order valence-corrected chi connectivity index (χ1v) is 7.36. The van der Waals surface area contributed by atoms with Crippen LogP contribution in [0, 0.1) is 11.8 Å². The fraction of sp³-hybridized carbons (Fsp3) is 0.857. The van der Waals surface area contributed by atoms with Gasteiger partial charge in [-0.1, -0.05) is 12.8 Å². The zero-order chi connectivity index (χ0) is 13.8. The standard InChI is InChI=1S/C14H24N2O3/c1-10(11-5-2-3-6-11)15-14(19)16-8-4-7-12(9-16)13(17)18/h10-12H,2-9H2,1H3,(H,15,19)(H,17,18)/t10?,12-/m0/s1. The van der Waals surface area contributed by atoms with Gasteiger partial charge in [0.2, 0.25) is 0 Å². The topological polar surface area (TPSA) is 69.6 Å². The summed E-state index contributed by atoms with van der Waals surface area (Å²) in [5, 5.41) is 12.1. The third kappa shape index (κ3) is 3.61. The van der Waals surface area contributed by atoms with E-state index in [1.807, 2.05) is 0 Å². The Morgan fingerprint density at radius 2 is 1.89 bits per heavy atom. The molecule has 5 heteroatoms. The number of hydrogen-bond acceptors (Lipinski definition) is 2. The summed E-state index contributed by atoms with van der Waals surface area (Å²) in [5.41, 5.74) is 0. The van der Waals surface area contributed by atoms with Crippen LogP contribution in [0.1, 0.15) is 45.4 Å². The summed E-state index contributed by atoms with van der Waals surface area (Å²) in [5.74, 6) is -0.605. The van der Waals surface area contributed by atoms with Crippen LogP contribution >= 0.6 is 0 Å². The Balaban J connectivity index is 1.83. The maximum absolute atomic E-state index is 12.2. The van der Waals surface area contributed by atoms with Crippen LogP contribution < -0.4 is 5.32 Å². The van der Waals surface area contributed by atoms with E-state index in [1.54, 1.807) is 4.90 Å². The lowest BCUT2D eigenvalue weighted by Gasteiger charge is -2.32. The van der Waals surface area contributed by atoms with E-state index in [9.17, 15) is 9.59 Å². The van der Waals surface area contributed by atoms with Gasteiger partial charge in [-0.15, -0.1) is 0 Å². The first-order valence-electron chi connectivity index (χ1n) is 7.36. The Hall–Kier alpha value is -1.26. The molecule has 2 rings (SSSR count). The number of nitrogens with zero attached hydrogens (tertiary/aromatic N) is 1. The van der Waals surface area contributed by atoms with E-state index in [4.69, 9.17) is 5.11 Å². The molecule has 0 aromatic rings. The molecule has 0 aromatic heterocycles. The minimum absolute atomic E-state index is 0.0923. The third-order valence-electron chi connectivity index (χ3n) is 4.52. The van der Waals surface area contributed by atoms with Crippen molar-refractivity contribution in [1.29, 1.82) is 0 Å². The van der Waals surface area contributed by atoms with Crippen molar-refractivity contribution >= 4 is 12.0 Å². The normalized spacial score (nSPS) is 26.2. The second-order valence-electron chi connectivity index (χ2n) is 5.91. The first kappa shape index (κ1) is 14.2. The van der Waals surface area contributed by atoms with Crippen LogP contribution in [0.2, 0.25) is 0 Å². The number of rotatable bonds is 3. The lowest BCUT2D eigenvalue weighted by atomic mass is 9.98. The minimum Gasteiger partial charge on any atom is -0.481 e. The van der Waals surface area contributed by atoms with Gasteiger partial charge >= 0.3 is 12.0 Å². The van der Waals surface area contributed by atoms with Crippen molar-refractivity contribution in [1.82, 2.24) is 10.2 Å². The van der Waals surface area contributed by atoms with Gasteiger partial charge in [0.1, 0.15) is 0 Å². The van der Waals surface area contributed by atoms with Crippen LogP contribution in [0.3, 0.4) is 0 Å². The molecule has 0 aromatic carbocycles. The number of carbonyl (C=O) groups excluding carboxylic acids is 1. The summed E-state index contributed by atoms with van der Waals surface area (Å²) in [6, 6.07) is 0.102. The highest BCUT2D eigenvalue weighted by Crippen LogP contribution is 2.27. The molecule has 19 heavy (non-hydrogen) atoms. The van der Waals surface area contributed by atoms with Gasteiger partial charge in [-0.2, -0.15) is 0 Å². The zero-order valence-electron chi connectivity index (χ0n) is 11.6. The predicted octanol–water partition coefficient (Wildman–Crippen LogP) is 2.07. The number of hydrogen-bond donors (Lipinski definition) is 2. The van der Waals surface area contributed by atoms with Crippen LogP contribution in [0.15, 0.2) is 0 Å². The van der Waals surface area contributed by atoms with Gasteiger partial charge in [0.05, 0.1) is 5.92 Å². The van der Waals surface area contributed by atoms with Crippen LogP contribution in [0.4, 0.5) is 4.79 Å². The molecule has 108 valence electrons. The predicted molar refractivity (Wildman–Crippen MR) is 71.9 cm³/mol. The van der Waals surface area contributed by atoms with Gasteiger partial charge in [0, 0.05) is 19.1 Å². The number of amides is 2. The molecule has 5 nitrogen and oxygen atoms in total. The molecule has 1 aliphatic carbocycles. The number of carbonyl (C=O) groups is 2. The van der Waals surface area contributed by atoms with Gasteiger partial charge in [-0.25, -0.2) is 4.79 Å². The fourth-order valence-electron chi connectivity index (χ4n) is 3.22. The van der Waals surface area contributed by atoms with Gasteiger partial charge in [-0.05, 0) is 38.5 Å². The van der Waals surface area contributed by atoms with Crippen molar-refractivity contribution in [2.75, 3.05) is 13.1 Å². The lowest BCUT2D eigenvalue weighted by Crippen LogP contribution is -2.50. The molecule has 1 aliphatic heterocycles. The highest BCUT2D eigenvalue weighted by Gasteiger charge is 2.30. The van der Waals surface area contributed by atoms with Crippen molar-refractivity contribution in [3.8, 4) is 0 Å². The van der Waals surface area contributed by atoms with E-state index in [0.29, 0.717) is 25.4 Å². The highest BCUT2D eigenvalue weighted by molar-refractivity contribution is 5.76. The van der Waals surface area contributed by atoms with E-state index < -0.39 is 11.9 Å². The monoisotopic (exact) mass is 268 g/mol. The zero-order valence-corrected chi connectivity index (χ0v) is 11.6. The molecule has 2 aliphatic rings. The molecule has 1 saturated carbocycles. The van der Waals surface area contributed by atoms with Crippen molar-refractivity contribution in [2.24, 2.45) is 11.8 Å². The molecule has 1 saturated heterocycles. The maximum Gasteiger partial charge on any atom is 0.317 e. The van der Waals surface area contributed by atoms with Crippen LogP contribution in [0.5, 0.6) is 0 Å².